The molecule has 0 fully saturated rings. The Balaban J connectivity index is 0.000000194. The van der Waals surface area contributed by atoms with Gasteiger partial charge in [-0.3, -0.25) is 0 Å². The Morgan fingerprint density at radius 3 is 1.89 bits per heavy atom. The zero-order chi connectivity index (χ0) is 19.3. The van der Waals surface area contributed by atoms with Gasteiger partial charge in [0, 0.05) is 11.4 Å². The Bertz CT molecular complexity index is 857. The van der Waals surface area contributed by atoms with Crippen LogP contribution in [0.2, 0.25) is 0 Å². The van der Waals surface area contributed by atoms with E-state index in [1.165, 1.54) is 16.7 Å². The monoisotopic (exact) mass is 353 g/mol. The molecule has 0 aliphatic carbocycles. The minimum Gasteiger partial charge on any atom is -0.356 e. The topological polar surface area (TPSA) is 12.0 Å². The van der Waals surface area contributed by atoms with Gasteiger partial charge in [-0.1, -0.05) is 103 Å². The summed E-state index contributed by atoms with van der Waals surface area (Å²) in [6.07, 6.45) is 7.68. The maximum absolute atomic E-state index is 3.63. The van der Waals surface area contributed by atoms with Crippen LogP contribution in [-0.4, -0.2) is 0 Å². The second kappa shape index (κ2) is 11.3. The van der Waals surface area contributed by atoms with Gasteiger partial charge < -0.3 is 5.32 Å². The van der Waals surface area contributed by atoms with Crippen molar-refractivity contribution in [2.45, 2.75) is 13.8 Å². The maximum Gasteiger partial charge on any atom is 0.0384 e. The fourth-order valence-electron chi connectivity index (χ4n) is 2.45. The normalized spacial score (nSPS) is 10.8. The summed E-state index contributed by atoms with van der Waals surface area (Å²) in [5.74, 6) is 0. The van der Waals surface area contributed by atoms with E-state index in [9.17, 15) is 0 Å². The first-order chi connectivity index (χ1) is 13.2. The van der Waals surface area contributed by atoms with Crippen molar-refractivity contribution in [1.29, 1.82) is 0 Å². The molecular weight excluding hydrogens is 326 g/mol. The molecule has 3 rings (SSSR count). The van der Waals surface area contributed by atoms with E-state index >= 15 is 0 Å². The highest BCUT2D eigenvalue weighted by Crippen LogP contribution is 2.18. The molecule has 0 heterocycles. The Morgan fingerprint density at radius 2 is 1.33 bits per heavy atom. The van der Waals surface area contributed by atoms with Gasteiger partial charge in [-0.15, -0.1) is 0 Å². The SMILES string of the molecule is C=C/C=C\C(=C/C)Nc1ccccc1.Cc1ccc(-c2ccccc2)cc1. The first kappa shape index (κ1) is 20.0. The second-order valence-electron chi connectivity index (χ2n) is 6.06. The summed E-state index contributed by atoms with van der Waals surface area (Å²) in [6, 6.07) is 29.1. The van der Waals surface area contributed by atoms with Gasteiger partial charge in [-0.25, -0.2) is 0 Å². The third-order valence-corrected chi connectivity index (χ3v) is 3.94. The summed E-state index contributed by atoms with van der Waals surface area (Å²) in [6.45, 7) is 7.74. The minimum absolute atomic E-state index is 1.07. The van der Waals surface area contributed by atoms with E-state index in [1.54, 1.807) is 6.08 Å². The first-order valence-corrected chi connectivity index (χ1v) is 9.12. The number of benzene rings is 3. The number of aryl methyl sites for hydroxylation is 1. The molecule has 1 nitrogen and oxygen atoms in total. The van der Waals surface area contributed by atoms with Crippen molar-refractivity contribution in [2.24, 2.45) is 0 Å². The van der Waals surface area contributed by atoms with Crippen molar-refractivity contribution in [3.05, 3.63) is 127 Å². The van der Waals surface area contributed by atoms with Crippen molar-refractivity contribution in [3.63, 3.8) is 0 Å². The largest absolute Gasteiger partial charge is 0.356 e. The van der Waals surface area contributed by atoms with Crippen LogP contribution in [0.1, 0.15) is 12.5 Å². The van der Waals surface area contributed by atoms with E-state index in [0.717, 1.165) is 11.4 Å². The summed E-state index contributed by atoms with van der Waals surface area (Å²) < 4.78 is 0. The van der Waals surface area contributed by atoms with Crippen molar-refractivity contribution in [1.82, 2.24) is 0 Å². The number of para-hydroxylation sites is 1. The van der Waals surface area contributed by atoms with Gasteiger partial charge in [0.1, 0.15) is 0 Å². The molecule has 0 atom stereocenters. The fourth-order valence-corrected chi connectivity index (χ4v) is 2.45. The zero-order valence-corrected chi connectivity index (χ0v) is 16.1. The molecular formula is C26H27N. The fraction of sp³-hybridized carbons (Fsp3) is 0.0769. The van der Waals surface area contributed by atoms with Gasteiger partial charge in [-0.2, -0.15) is 0 Å². The van der Waals surface area contributed by atoms with E-state index in [0.29, 0.717) is 0 Å². The molecule has 0 amide bonds. The van der Waals surface area contributed by atoms with E-state index in [-0.39, 0.29) is 0 Å². The molecule has 1 N–H and O–H groups in total. The lowest BCUT2D eigenvalue weighted by Crippen LogP contribution is -1.95. The van der Waals surface area contributed by atoms with Crippen LogP contribution in [0, 0.1) is 6.92 Å². The number of rotatable bonds is 5. The third-order valence-electron chi connectivity index (χ3n) is 3.94. The Labute approximate surface area is 163 Å². The van der Waals surface area contributed by atoms with Crippen molar-refractivity contribution < 1.29 is 0 Å². The molecule has 0 saturated heterocycles. The standard InChI is InChI=1S/C13H15N.C13H12/c1-3-5-9-12(4-2)14-13-10-7-6-8-11-13;1-11-7-9-13(10-8-11)12-5-3-2-4-6-12/h3-11,14H,1H2,2H3;2-10H,1H3/b9-5-,12-4+;. The van der Waals surface area contributed by atoms with Crippen molar-refractivity contribution >= 4 is 5.69 Å². The van der Waals surface area contributed by atoms with Crippen LogP contribution in [0.5, 0.6) is 0 Å². The van der Waals surface area contributed by atoms with E-state index in [2.05, 4.69) is 67.4 Å². The lowest BCUT2D eigenvalue weighted by atomic mass is 10.0. The molecule has 0 bridgehead atoms. The highest BCUT2D eigenvalue weighted by Gasteiger charge is 1.94. The van der Waals surface area contributed by atoms with E-state index in [4.69, 9.17) is 0 Å². The summed E-state index contributed by atoms with van der Waals surface area (Å²) in [7, 11) is 0. The predicted molar refractivity (Wildman–Crippen MR) is 120 cm³/mol. The Morgan fingerprint density at radius 1 is 0.778 bits per heavy atom. The molecule has 136 valence electrons. The van der Waals surface area contributed by atoms with Gasteiger partial charge in [0.2, 0.25) is 0 Å². The van der Waals surface area contributed by atoms with Crippen LogP contribution in [0.25, 0.3) is 11.1 Å². The molecule has 0 unspecified atom stereocenters. The number of anilines is 1. The average molecular weight is 354 g/mol. The third kappa shape index (κ3) is 7.21. The summed E-state index contributed by atoms with van der Waals surface area (Å²) in [5.41, 5.74) is 6.03. The average Bonchev–Trinajstić information content (AvgIpc) is 2.73. The van der Waals surface area contributed by atoms with Crippen molar-refractivity contribution in [2.75, 3.05) is 5.32 Å². The van der Waals surface area contributed by atoms with Crippen molar-refractivity contribution in [3.8, 4) is 11.1 Å². The van der Waals surface area contributed by atoms with Crippen LogP contribution < -0.4 is 5.32 Å². The summed E-state index contributed by atoms with van der Waals surface area (Å²) in [5, 5.41) is 3.29. The molecule has 0 saturated carbocycles. The molecule has 3 aromatic carbocycles. The maximum atomic E-state index is 3.63. The molecule has 1 heteroatoms. The van der Waals surface area contributed by atoms with Crippen LogP contribution in [0.3, 0.4) is 0 Å². The number of hydrogen-bond acceptors (Lipinski definition) is 1. The smallest absolute Gasteiger partial charge is 0.0384 e. The zero-order valence-electron chi connectivity index (χ0n) is 16.1. The Hall–Kier alpha value is -3.32. The van der Waals surface area contributed by atoms with Gasteiger partial charge in [-0.05, 0) is 43.2 Å². The van der Waals surface area contributed by atoms with Crippen LogP contribution in [0.15, 0.2) is 122 Å². The van der Waals surface area contributed by atoms with E-state index in [1.807, 2.05) is 61.5 Å². The molecule has 0 aliphatic rings. The summed E-state index contributed by atoms with van der Waals surface area (Å²) in [4.78, 5) is 0. The van der Waals surface area contributed by atoms with Crippen LogP contribution >= 0.6 is 0 Å². The minimum atomic E-state index is 1.07. The van der Waals surface area contributed by atoms with Gasteiger partial charge >= 0.3 is 0 Å². The highest BCUT2D eigenvalue weighted by atomic mass is 14.9. The number of nitrogens with one attached hydrogen (secondary N) is 1. The second-order valence-corrected chi connectivity index (χ2v) is 6.06. The predicted octanol–water partition coefficient (Wildman–Crippen LogP) is 7.41. The molecule has 0 spiro atoms. The van der Waals surface area contributed by atoms with Gasteiger partial charge in [0.05, 0.1) is 0 Å². The highest BCUT2D eigenvalue weighted by molar-refractivity contribution is 5.63. The van der Waals surface area contributed by atoms with Gasteiger partial charge in [0.25, 0.3) is 0 Å². The summed E-state index contributed by atoms with van der Waals surface area (Å²) >= 11 is 0. The number of allylic oxidation sites excluding steroid dienone is 4. The Kier molecular flexibility index (Phi) is 8.39. The van der Waals surface area contributed by atoms with Crippen LogP contribution in [0.4, 0.5) is 5.69 Å². The molecule has 27 heavy (non-hydrogen) atoms. The lowest BCUT2D eigenvalue weighted by Gasteiger charge is -2.05. The molecule has 0 aromatic heterocycles. The molecule has 0 radical (unpaired) electrons. The quantitative estimate of drug-likeness (QED) is 0.471. The van der Waals surface area contributed by atoms with Crippen LogP contribution in [-0.2, 0) is 0 Å². The molecule has 0 aliphatic heterocycles. The first-order valence-electron chi connectivity index (χ1n) is 9.12. The molecule has 3 aromatic rings. The van der Waals surface area contributed by atoms with Gasteiger partial charge in [0.15, 0.2) is 0 Å². The lowest BCUT2D eigenvalue weighted by molar-refractivity contribution is 1.44. The van der Waals surface area contributed by atoms with E-state index < -0.39 is 0 Å². The number of hydrogen-bond donors (Lipinski definition) is 1.